The van der Waals surface area contributed by atoms with Gasteiger partial charge in [0, 0.05) is 0 Å². The molecule has 3 heteroatoms. The van der Waals surface area contributed by atoms with Crippen molar-refractivity contribution in [1.29, 1.82) is 0 Å². The monoisotopic (exact) mass is 300 g/mol. The van der Waals surface area contributed by atoms with Crippen molar-refractivity contribution in [1.82, 2.24) is 0 Å². The molecule has 0 heterocycles. The molecule has 0 bridgehead atoms. The molecular formula is C13H16F2Zr. The van der Waals surface area contributed by atoms with Gasteiger partial charge < -0.3 is 9.41 Å². The molecule has 2 aromatic carbocycles. The SMILES string of the molecule is CCC[c-]1cccc1.[F-].[F-].[Zr+4].c1cc[cH-]c1. The minimum absolute atomic E-state index is 0. The molecule has 2 rings (SSSR count). The van der Waals surface area contributed by atoms with Gasteiger partial charge in [0.15, 0.2) is 0 Å². The number of aryl methyl sites for hydroxylation is 1. The Kier molecular flexibility index (Phi) is 18.8. The van der Waals surface area contributed by atoms with Crippen LogP contribution in [0.25, 0.3) is 0 Å². The molecule has 0 fully saturated rings. The van der Waals surface area contributed by atoms with E-state index in [1.54, 1.807) is 0 Å². The summed E-state index contributed by atoms with van der Waals surface area (Å²) in [5, 5.41) is 0. The predicted octanol–water partition coefficient (Wildman–Crippen LogP) is -2.23. The summed E-state index contributed by atoms with van der Waals surface area (Å²) in [7, 11) is 0. The zero-order valence-electron chi connectivity index (χ0n) is 9.37. The van der Waals surface area contributed by atoms with E-state index >= 15 is 0 Å². The van der Waals surface area contributed by atoms with Crippen LogP contribution in [0.2, 0.25) is 0 Å². The van der Waals surface area contributed by atoms with Crippen LogP contribution >= 0.6 is 0 Å². The molecule has 0 saturated carbocycles. The normalized spacial score (nSPS) is 7.31. The van der Waals surface area contributed by atoms with Crippen LogP contribution in [0.1, 0.15) is 18.9 Å². The zero-order chi connectivity index (χ0) is 9.36. The van der Waals surface area contributed by atoms with Crippen molar-refractivity contribution in [2.75, 3.05) is 0 Å². The van der Waals surface area contributed by atoms with Crippen LogP contribution in [-0.2, 0) is 32.6 Å². The van der Waals surface area contributed by atoms with Crippen molar-refractivity contribution < 1.29 is 35.6 Å². The molecule has 86 valence electrons. The minimum Gasteiger partial charge on any atom is -1.00 e. The van der Waals surface area contributed by atoms with Crippen molar-refractivity contribution in [3.63, 3.8) is 0 Å². The van der Waals surface area contributed by atoms with Crippen LogP contribution in [0, 0.1) is 0 Å². The third-order valence-corrected chi connectivity index (χ3v) is 1.83. The fraction of sp³-hybridized carbons (Fsp3) is 0.231. The van der Waals surface area contributed by atoms with E-state index in [0.29, 0.717) is 0 Å². The molecule has 0 aliphatic heterocycles. The van der Waals surface area contributed by atoms with Gasteiger partial charge >= 0.3 is 26.2 Å². The molecule has 0 amide bonds. The zero-order valence-corrected chi connectivity index (χ0v) is 11.8. The first-order valence-electron chi connectivity index (χ1n) is 4.80. The van der Waals surface area contributed by atoms with E-state index in [4.69, 9.17) is 0 Å². The Morgan fingerprint density at radius 3 is 1.75 bits per heavy atom. The van der Waals surface area contributed by atoms with Crippen molar-refractivity contribution in [3.8, 4) is 0 Å². The Bertz CT molecular complexity index is 258. The molecule has 0 N–H and O–H groups in total. The van der Waals surface area contributed by atoms with Crippen molar-refractivity contribution in [3.05, 3.63) is 60.2 Å². The molecular weight excluding hydrogens is 285 g/mol. The van der Waals surface area contributed by atoms with Gasteiger partial charge in [-0.3, -0.25) is 0 Å². The fourth-order valence-electron chi connectivity index (χ4n) is 1.19. The largest absolute Gasteiger partial charge is 4.00 e. The molecule has 0 aliphatic carbocycles. The van der Waals surface area contributed by atoms with Crippen LogP contribution in [0.15, 0.2) is 54.6 Å². The maximum absolute atomic E-state index is 2.20. The molecule has 0 saturated heterocycles. The molecule has 16 heavy (non-hydrogen) atoms. The van der Waals surface area contributed by atoms with Crippen LogP contribution in [0.4, 0.5) is 0 Å². The number of hydrogen-bond donors (Lipinski definition) is 0. The summed E-state index contributed by atoms with van der Waals surface area (Å²) in [6.45, 7) is 2.20. The molecule has 0 aromatic heterocycles. The predicted molar refractivity (Wildman–Crippen MR) is 58.1 cm³/mol. The maximum atomic E-state index is 2.20. The molecule has 2 aromatic rings. The second-order valence-electron chi connectivity index (χ2n) is 3.01. The average molecular weight is 301 g/mol. The Morgan fingerprint density at radius 2 is 1.44 bits per heavy atom. The second kappa shape index (κ2) is 14.4. The van der Waals surface area contributed by atoms with E-state index in [9.17, 15) is 0 Å². The van der Waals surface area contributed by atoms with Gasteiger partial charge in [-0.2, -0.15) is 35.9 Å². The van der Waals surface area contributed by atoms with Crippen LogP contribution in [0.5, 0.6) is 0 Å². The average Bonchev–Trinajstić information content (AvgIpc) is 2.79. The number of rotatable bonds is 2. The maximum Gasteiger partial charge on any atom is 4.00 e. The van der Waals surface area contributed by atoms with Crippen molar-refractivity contribution in [2.45, 2.75) is 19.8 Å². The van der Waals surface area contributed by atoms with Gasteiger partial charge in [-0.05, 0) is 0 Å². The summed E-state index contributed by atoms with van der Waals surface area (Å²) in [5.74, 6) is 0. The van der Waals surface area contributed by atoms with E-state index in [1.807, 2.05) is 30.3 Å². The number of hydrogen-bond acceptors (Lipinski definition) is 0. The summed E-state index contributed by atoms with van der Waals surface area (Å²) in [6.07, 6.45) is 2.48. The Morgan fingerprint density at radius 1 is 0.938 bits per heavy atom. The Balaban J connectivity index is -0.000000189. The van der Waals surface area contributed by atoms with Crippen LogP contribution in [-0.4, -0.2) is 0 Å². The topological polar surface area (TPSA) is 0 Å². The fourth-order valence-corrected chi connectivity index (χ4v) is 1.19. The molecule has 0 unspecified atom stereocenters. The van der Waals surface area contributed by atoms with Gasteiger partial charge in [0.2, 0.25) is 0 Å². The first kappa shape index (κ1) is 20.8. The van der Waals surface area contributed by atoms with Gasteiger partial charge in [0.05, 0.1) is 0 Å². The molecule has 0 radical (unpaired) electrons. The Labute approximate surface area is 115 Å². The summed E-state index contributed by atoms with van der Waals surface area (Å²) >= 11 is 0. The van der Waals surface area contributed by atoms with Crippen molar-refractivity contribution >= 4 is 0 Å². The van der Waals surface area contributed by atoms with Gasteiger partial charge in [-0.25, -0.2) is 24.3 Å². The van der Waals surface area contributed by atoms with Crippen LogP contribution < -0.4 is 9.41 Å². The molecule has 0 spiro atoms. The summed E-state index contributed by atoms with van der Waals surface area (Å²) < 4.78 is 0. The first-order chi connectivity index (χ1) is 6.43. The van der Waals surface area contributed by atoms with Gasteiger partial charge in [0.1, 0.15) is 0 Å². The Hall–Kier alpha value is -0.557. The minimum atomic E-state index is 0. The quantitative estimate of drug-likeness (QED) is 0.551. The van der Waals surface area contributed by atoms with Gasteiger partial charge in [-0.15, -0.1) is 0 Å². The molecule has 0 aliphatic rings. The third kappa shape index (κ3) is 9.98. The van der Waals surface area contributed by atoms with E-state index in [1.165, 1.54) is 18.4 Å². The van der Waals surface area contributed by atoms with Crippen molar-refractivity contribution in [2.24, 2.45) is 0 Å². The van der Waals surface area contributed by atoms with E-state index < -0.39 is 0 Å². The number of halogens is 2. The standard InChI is InChI=1S/C8H11.C5H5.2FH.Zr/c1-2-5-8-6-3-4-7-8;1-2-4-5-3-1;;;/h3-4,6-7H,2,5H2,1H3;1-5H;2*1H;/q2*-1;;;+4/p-2. The smallest absolute Gasteiger partial charge is 1.00 e. The summed E-state index contributed by atoms with van der Waals surface area (Å²) in [5.41, 5.74) is 1.47. The first-order valence-corrected chi connectivity index (χ1v) is 4.80. The van der Waals surface area contributed by atoms with Crippen LogP contribution in [0.3, 0.4) is 0 Å². The van der Waals surface area contributed by atoms with Gasteiger partial charge in [-0.1, -0.05) is 19.8 Å². The van der Waals surface area contributed by atoms with E-state index in [-0.39, 0.29) is 35.6 Å². The van der Waals surface area contributed by atoms with Gasteiger partial charge in [0.25, 0.3) is 0 Å². The summed E-state index contributed by atoms with van der Waals surface area (Å²) in [6, 6.07) is 18.5. The third-order valence-electron chi connectivity index (χ3n) is 1.83. The summed E-state index contributed by atoms with van der Waals surface area (Å²) in [4.78, 5) is 0. The molecule has 0 nitrogen and oxygen atoms in total. The van der Waals surface area contributed by atoms with E-state index in [0.717, 1.165) is 0 Å². The van der Waals surface area contributed by atoms with E-state index in [2.05, 4.69) is 31.2 Å². The second-order valence-corrected chi connectivity index (χ2v) is 3.01. The molecule has 0 atom stereocenters.